The van der Waals surface area contributed by atoms with E-state index in [1.54, 1.807) is 0 Å². The molecule has 4 nitrogen and oxygen atoms in total. The lowest BCUT2D eigenvalue weighted by Crippen LogP contribution is -2.40. The Hall–Kier alpha value is -1.03. The molecule has 23 heavy (non-hydrogen) atoms. The van der Waals surface area contributed by atoms with E-state index in [4.69, 9.17) is 21.1 Å². The highest BCUT2D eigenvalue weighted by molar-refractivity contribution is 6.18. The Bertz CT molecular complexity index is 474. The number of allylic oxidation sites excluding steroid dienone is 2. The highest BCUT2D eigenvalue weighted by Gasteiger charge is 2.42. The van der Waals surface area contributed by atoms with Gasteiger partial charge in [-0.05, 0) is 49.9 Å². The predicted octanol–water partition coefficient (Wildman–Crippen LogP) is 4.56. The van der Waals surface area contributed by atoms with Crippen LogP contribution in [0.2, 0.25) is 0 Å². The monoisotopic (exact) mass is 342 g/mol. The summed E-state index contributed by atoms with van der Waals surface area (Å²) in [4.78, 5) is 23.7. The van der Waals surface area contributed by atoms with Crippen molar-refractivity contribution < 1.29 is 19.1 Å². The number of halogens is 1. The quantitative estimate of drug-likeness (QED) is 0.325. The van der Waals surface area contributed by atoms with Crippen molar-refractivity contribution in [1.29, 1.82) is 0 Å². The zero-order valence-corrected chi connectivity index (χ0v) is 15.0. The van der Waals surface area contributed by atoms with Gasteiger partial charge in [-0.1, -0.05) is 31.9 Å². The molecule has 5 atom stereocenters. The summed E-state index contributed by atoms with van der Waals surface area (Å²) in [5.74, 6) is 1.37. The van der Waals surface area contributed by atoms with Crippen LogP contribution >= 0.6 is 11.6 Å². The summed E-state index contributed by atoms with van der Waals surface area (Å²) in [6.45, 7) is 6.40. The maximum absolute atomic E-state index is 12.3. The van der Waals surface area contributed by atoms with Crippen molar-refractivity contribution in [2.75, 3.05) is 12.5 Å². The number of hydrogen-bond donors (Lipinski definition) is 0. The van der Waals surface area contributed by atoms with E-state index in [1.165, 1.54) is 12.0 Å². The van der Waals surface area contributed by atoms with Crippen molar-refractivity contribution in [2.24, 2.45) is 29.6 Å². The van der Waals surface area contributed by atoms with Crippen LogP contribution in [-0.2, 0) is 14.3 Å². The van der Waals surface area contributed by atoms with Crippen LogP contribution in [-0.4, -0.2) is 24.6 Å². The smallest absolute Gasteiger partial charge is 0.433 e. The Morgan fingerprint density at radius 3 is 2.78 bits per heavy atom. The zero-order chi connectivity index (χ0) is 17.0. The molecule has 2 aliphatic carbocycles. The minimum atomic E-state index is -0.946. The lowest BCUT2D eigenvalue weighted by molar-refractivity contribution is -0.147. The highest BCUT2D eigenvalue weighted by atomic mass is 35.5. The molecule has 0 aliphatic heterocycles. The minimum absolute atomic E-state index is 0.0512. The number of ether oxygens (including phenoxy) is 2. The molecule has 0 aromatic rings. The number of rotatable bonds is 4. The Morgan fingerprint density at radius 2 is 2.09 bits per heavy atom. The topological polar surface area (TPSA) is 52.6 Å². The largest absolute Gasteiger partial charge is 0.516 e. The second-order valence-corrected chi connectivity index (χ2v) is 7.39. The summed E-state index contributed by atoms with van der Waals surface area (Å²) >= 11 is 5.45. The van der Waals surface area contributed by atoms with Crippen molar-refractivity contribution in [3.8, 4) is 0 Å². The molecule has 0 saturated heterocycles. The van der Waals surface area contributed by atoms with Crippen LogP contribution in [0, 0.1) is 29.6 Å². The van der Waals surface area contributed by atoms with Gasteiger partial charge in [0.2, 0.25) is 0 Å². The van der Waals surface area contributed by atoms with Crippen LogP contribution in [0.15, 0.2) is 11.6 Å². The molecule has 1 fully saturated rings. The molecule has 0 radical (unpaired) electrons. The minimum Gasteiger partial charge on any atom is -0.433 e. The van der Waals surface area contributed by atoms with Gasteiger partial charge in [0, 0.05) is 0 Å². The number of fused-ring (bicyclic) bond motifs is 1. The average molecular weight is 343 g/mol. The van der Waals surface area contributed by atoms with Gasteiger partial charge in [0.15, 0.2) is 0 Å². The third kappa shape index (κ3) is 4.50. The number of hydrogen-bond acceptors (Lipinski definition) is 4. The first-order valence-electron chi connectivity index (χ1n) is 8.55. The van der Waals surface area contributed by atoms with Gasteiger partial charge in [0.05, 0.1) is 11.8 Å². The number of carbonyl (C=O) groups is 2. The van der Waals surface area contributed by atoms with E-state index in [9.17, 15) is 9.59 Å². The molecule has 0 heterocycles. The molecule has 0 N–H and O–H groups in total. The second-order valence-electron chi connectivity index (χ2n) is 7.01. The van der Waals surface area contributed by atoms with Gasteiger partial charge in [-0.25, -0.2) is 4.79 Å². The fraction of sp³-hybridized carbons (Fsp3) is 0.778. The molecule has 0 aromatic carbocycles. The molecule has 0 aromatic heterocycles. The van der Waals surface area contributed by atoms with Gasteiger partial charge in [-0.15, -0.1) is 11.6 Å². The second kappa shape index (κ2) is 8.18. The number of alkyl halides is 1. The fourth-order valence-electron chi connectivity index (χ4n) is 4.17. The van der Waals surface area contributed by atoms with Gasteiger partial charge >= 0.3 is 12.1 Å². The van der Waals surface area contributed by atoms with E-state index in [0.717, 1.165) is 19.3 Å². The van der Waals surface area contributed by atoms with Crippen molar-refractivity contribution in [3.05, 3.63) is 11.6 Å². The van der Waals surface area contributed by atoms with Crippen molar-refractivity contribution in [3.63, 3.8) is 0 Å². The van der Waals surface area contributed by atoms with E-state index >= 15 is 0 Å². The summed E-state index contributed by atoms with van der Waals surface area (Å²) in [7, 11) is 0. The molecular weight excluding hydrogens is 316 g/mol. The summed E-state index contributed by atoms with van der Waals surface area (Å²) in [5.41, 5.74) is 1.41. The molecule has 0 unspecified atom stereocenters. The lowest BCUT2D eigenvalue weighted by atomic mass is 9.60. The third-order valence-corrected chi connectivity index (χ3v) is 5.67. The van der Waals surface area contributed by atoms with Crippen LogP contribution < -0.4 is 0 Å². The summed E-state index contributed by atoms with van der Waals surface area (Å²) in [6.07, 6.45) is 5.89. The van der Waals surface area contributed by atoms with Crippen LogP contribution in [0.4, 0.5) is 4.79 Å². The maximum Gasteiger partial charge on any atom is 0.516 e. The number of esters is 1. The van der Waals surface area contributed by atoms with E-state index in [1.807, 2.05) is 6.92 Å². The van der Waals surface area contributed by atoms with Crippen molar-refractivity contribution in [2.45, 2.75) is 46.5 Å². The zero-order valence-electron chi connectivity index (χ0n) is 14.2. The molecule has 5 heteroatoms. The van der Waals surface area contributed by atoms with Crippen LogP contribution in [0.25, 0.3) is 0 Å². The normalized spacial score (nSPS) is 31.6. The maximum atomic E-state index is 12.3. The summed E-state index contributed by atoms with van der Waals surface area (Å²) in [5, 5.41) is 0. The Kier molecular flexibility index (Phi) is 6.51. The van der Waals surface area contributed by atoms with E-state index in [-0.39, 0.29) is 24.3 Å². The molecule has 2 rings (SSSR count). The van der Waals surface area contributed by atoms with E-state index < -0.39 is 12.1 Å². The van der Waals surface area contributed by atoms with Crippen LogP contribution in [0.3, 0.4) is 0 Å². The molecule has 0 bridgehead atoms. The van der Waals surface area contributed by atoms with E-state index in [0.29, 0.717) is 17.8 Å². The first kappa shape index (κ1) is 18.3. The first-order chi connectivity index (χ1) is 10.9. The van der Waals surface area contributed by atoms with Crippen molar-refractivity contribution in [1.82, 2.24) is 0 Å². The predicted molar refractivity (Wildman–Crippen MR) is 89.2 cm³/mol. The van der Waals surface area contributed by atoms with Gasteiger partial charge in [-0.3, -0.25) is 4.79 Å². The summed E-state index contributed by atoms with van der Waals surface area (Å²) < 4.78 is 9.54. The molecule has 1 saturated carbocycles. The SMILES string of the molecule is CC1=C[C@H]2[C@@H](CC1)[C@H](C)CC[C@H]2[C@@H](C)C(=O)OC(=O)OCCCl. The van der Waals surface area contributed by atoms with Crippen LogP contribution in [0.5, 0.6) is 0 Å². The average Bonchev–Trinajstić information content (AvgIpc) is 2.52. The van der Waals surface area contributed by atoms with Gasteiger partial charge in [0.25, 0.3) is 0 Å². The Labute approximate surface area is 143 Å². The molecular formula is C18H27ClO4. The lowest BCUT2D eigenvalue weighted by Gasteiger charge is -2.45. The summed E-state index contributed by atoms with van der Waals surface area (Å²) in [6, 6.07) is 0. The molecule has 0 amide bonds. The van der Waals surface area contributed by atoms with E-state index in [2.05, 4.69) is 19.9 Å². The molecule has 130 valence electrons. The van der Waals surface area contributed by atoms with Crippen LogP contribution in [0.1, 0.15) is 46.5 Å². The first-order valence-corrected chi connectivity index (χ1v) is 9.09. The Morgan fingerprint density at radius 1 is 1.35 bits per heavy atom. The Balaban J connectivity index is 2.02. The highest BCUT2D eigenvalue weighted by Crippen LogP contribution is 2.48. The molecule has 2 aliphatic rings. The number of carbonyl (C=O) groups excluding carboxylic acids is 2. The molecule has 0 spiro atoms. The van der Waals surface area contributed by atoms with Gasteiger partial charge in [0.1, 0.15) is 6.61 Å². The standard InChI is InChI=1S/C18H27ClO4/c1-11-4-6-14-12(2)5-7-15(16(14)10-11)13(3)17(20)23-18(21)22-9-8-19/h10,12-16H,4-9H2,1-3H3/t12-,13-,14+,15+,16+/m1/s1. The van der Waals surface area contributed by atoms with Gasteiger partial charge in [-0.2, -0.15) is 0 Å². The van der Waals surface area contributed by atoms with Gasteiger partial charge < -0.3 is 9.47 Å². The fourth-order valence-corrected chi connectivity index (χ4v) is 4.25. The van der Waals surface area contributed by atoms with Crippen molar-refractivity contribution >= 4 is 23.7 Å². The third-order valence-electron chi connectivity index (χ3n) is 5.52.